The number of halogens is 2. The maximum atomic E-state index is 12.3. The Bertz CT molecular complexity index is 480. The summed E-state index contributed by atoms with van der Waals surface area (Å²) in [4.78, 5) is 14.8. The molecule has 0 spiro atoms. The van der Waals surface area contributed by atoms with Gasteiger partial charge in [-0.15, -0.1) is 24.8 Å². The molecule has 0 aliphatic carbocycles. The summed E-state index contributed by atoms with van der Waals surface area (Å²) in [6.45, 7) is 4.05. The van der Waals surface area contributed by atoms with Crippen molar-refractivity contribution in [3.05, 3.63) is 35.9 Å². The van der Waals surface area contributed by atoms with Crippen molar-refractivity contribution in [1.82, 2.24) is 15.5 Å². The molecule has 2 aliphatic rings. The number of nitrogens with zero attached hydrogens (tertiary/aromatic N) is 1. The second-order valence-electron chi connectivity index (χ2n) is 6.57. The van der Waals surface area contributed by atoms with Crippen LogP contribution in [0.15, 0.2) is 30.3 Å². The van der Waals surface area contributed by atoms with E-state index in [1.165, 1.54) is 12.0 Å². The Balaban J connectivity index is 0.00000144. The van der Waals surface area contributed by atoms with Gasteiger partial charge in [-0.3, -0.25) is 9.69 Å². The van der Waals surface area contributed by atoms with Crippen molar-refractivity contribution in [1.29, 1.82) is 0 Å². The van der Waals surface area contributed by atoms with Crippen LogP contribution in [0.1, 0.15) is 37.7 Å². The molecule has 2 saturated heterocycles. The van der Waals surface area contributed by atoms with Crippen LogP contribution in [-0.4, -0.2) is 42.5 Å². The molecular formula is C18H29Cl2N3O. The molecule has 1 aromatic carbocycles. The van der Waals surface area contributed by atoms with E-state index in [-0.39, 0.29) is 36.8 Å². The van der Waals surface area contributed by atoms with Crippen LogP contribution in [0.5, 0.6) is 0 Å². The number of amides is 1. The van der Waals surface area contributed by atoms with Gasteiger partial charge in [-0.1, -0.05) is 36.8 Å². The minimum absolute atomic E-state index is 0. The Kier molecular flexibility index (Phi) is 9.67. The van der Waals surface area contributed by atoms with Crippen LogP contribution in [0, 0.1) is 0 Å². The summed E-state index contributed by atoms with van der Waals surface area (Å²) in [6, 6.07) is 10.9. The first kappa shape index (κ1) is 21.2. The van der Waals surface area contributed by atoms with Crippen LogP contribution in [0.4, 0.5) is 0 Å². The maximum Gasteiger partial charge on any atom is 0.237 e. The van der Waals surface area contributed by atoms with Crippen molar-refractivity contribution in [2.45, 2.75) is 50.7 Å². The molecule has 0 saturated carbocycles. The van der Waals surface area contributed by atoms with Crippen LogP contribution >= 0.6 is 24.8 Å². The lowest BCUT2D eigenvalue weighted by Crippen LogP contribution is -2.53. The minimum Gasteiger partial charge on any atom is -0.351 e. The SMILES string of the molecule is Cl.Cl.O=C(NC1CCCN(Cc2ccccc2)C1)[C@@H]1CCCCN1. The van der Waals surface area contributed by atoms with Crippen molar-refractivity contribution < 1.29 is 4.79 Å². The van der Waals surface area contributed by atoms with E-state index in [0.717, 1.165) is 51.9 Å². The summed E-state index contributed by atoms with van der Waals surface area (Å²) >= 11 is 0. The Morgan fingerprint density at radius 1 is 1.12 bits per heavy atom. The number of hydrogen-bond donors (Lipinski definition) is 2. The number of rotatable bonds is 4. The molecule has 2 aliphatic heterocycles. The molecule has 1 aromatic rings. The zero-order chi connectivity index (χ0) is 15.2. The first-order chi connectivity index (χ1) is 10.8. The summed E-state index contributed by atoms with van der Waals surface area (Å²) in [5.41, 5.74) is 1.35. The first-order valence-electron chi connectivity index (χ1n) is 8.61. The molecule has 0 aromatic heterocycles. The van der Waals surface area contributed by atoms with Gasteiger partial charge < -0.3 is 10.6 Å². The summed E-state index contributed by atoms with van der Waals surface area (Å²) in [5, 5.41) is 6.60. The molecule has 3 rings (SSSR count). The highest BCUT2D eigenvalue weighted by molar-refractivity contribution is 5.85. The molecule has 4 nitrogen and oxygen atoms in total. The van der Waals surface area contributed by atoms with Crippen molar-refractivity contribution in [2.24, 2.45) is 0 Å². The fourth-order valence-electron chi connectivity index (χ4n) is 3.54. The fraction of sp³-hybridized carbons (Fsp3) is 0.611. The number of carbonyl (C=O) groups excluding carboxylic acids is 1. The summed E-state index contributed by atoms with van der Waals surface area (Å²) in [7, 11) is 0. The average Bonchev–Trinajstić information content (AvgIpc) is 2.57. The van der Waals surface area contributed by atoms with Crippen LogP contribution in [-0.2, 0) is 11.3 Å². The molecule has 24 heavy (non-hydrogen) atoms. The summed E-state index contributed by atoms with van der Waals surface area (Å²) in [5.74, 6) is 0.200. The zero-order valence-corrected chi connectivity index (χ0v) is 15.7. The minimum atomic E-state index is 0. The van der Waals surface area contributed by atoms with Gasteiger partial charge >= 0.3 is 0 Å². The van der Waals surface area contributed by atoms with E-state index >= 15 is 0 Å². The molecule has 6 heteroatoms. The van der Waals surface area contributed by atoms with E-state index in [4.69, 9.17) is 0 Å². The Hall–Kier alpha value is -0.810. The van der Waals surface area contributed by atoms with Crippen molar-refractivity contribution in [3.8, 4) is 0 Å². The number of benzene rings is 1. The summed E-state index contributed by atoms with van der Waals surface area (Å²) in [6.07, 6.45) is 5.60. The molecule has 1 amide bonds. The van der Waals surface area contributed by atoms with Gasteiger partial charge in [-0.25, -0.2) is 0 Å². The smallest absolute Gasteiger partial charge is 0.237 e. The Morgan fingerprint density at radius 3 is 2.62 bits per heavy atom. The van der Waals surface area contributed by atoms with Gasteiger partial charge in [0.05, 0.1) is 6.04 Å². The lowest BCUT2D eigenvalue weighted by atomic mass is 10.0. The molecule has 2 N–H and O–H groups in total. The Morgan fingerprint density at radius 2 is 1.92 bits per heavy atom. The van der Waals surface area contributed by atoms with E-state index in [2.05, 4.69) is 45.9 Å². The number of hydrogen-bond acceptors (Lipinski definition) is 3. The van der Waals surface area contributed by atoms with Gasteiger partial charge in [0.2, 0.25) is 5.91 Å². The van der Waals surface area contributed by atoms with Crippen molar-refractivity contribution in [3.63, 3.8) is 0 Å². The van der Waals surface area contributed by atoms with Crippen LogP contribution in [0.2, 0.25) is 0 Å². The van der Waals surface area contributed by atoms with Gasteiger partial charge in [0.15, 0.2) is 0 Å². The average molecular weight is 374 g/mol. The molecular weight excluding hydrogens is 345 g/mol. The van der Waals surface area contributed by atoms with Crippen molar-refractivity contribution >= 4 is 30.7 Å². The monoisotopic (exact) mass is 373 g/mol. The lowest BCUT2D eigenvalue weighted by molar-refractivity contribution is -0.124. The number of carbonyl (C=O) groups is 1. The lowest BCUT2D eigenvalue weighted by Gasteiger charge is -2.34. The highest BCUT2D eigenvalue weighted by Crippen LogP contribution is 2.14. The highest BCUT2D eigenvalue weighted by Gasteiger charge is 2.25. The van der Waals surface area contributed by atoms with Crippen LogP contribution < -0.4 is 10.6 Å². The second kappa shape index (κ2) is 10.9. The number of likely N-dealkylation sites (tertiary alicyclic amines) is 1. The van der Waals surface area contributed by atoms with Gasteiger partial charge in [0.25, 0.3) is 0 Å². The normalized spacial score (nSPS) is 24.3. The molecule has 2 fully saturated rings. The van der Waals surface area contributed by atoms with Gasteiger partial charge in [0, 0.05) is 19.1 Å². The van der Waals surface area contributed by atoms with Crippen LogP contribution in [0.3, 0.4) is 0 Å². The fourth-order valence-corrected chi connectivity index (χ4v) is 3.54. The van der Waals surface area contributed by atoms with Gasteiger partial charge in [-0.2, -0.15) is 0 Å². The van der Waals surface area contributed by atoms with E-state index in [1.807, 2.05) is 0 Å². The third-order valence-corrected chi connectivity index (χ3v) is 4.73. The molecule has 0 radical (unpaired) electrons. The number of nitrogens with one attached hydrogen (secondary N) is 2. The molecule has 2 atom stereocenters. The highest BCUT2D eigenvalue weighted by atomic mass is 35.5. The predicted molar refractivity (Wildman–Crippen MR) is 103 cm³/mol. The van der Waals surface area contributed by atoms with E-state index in [9.17, 15) is 4.79 Å². The predicted octanol–water partition coefficient (Wildman–Crippen LogP) is 2.75. The largest absolute Gasteiger partial charge is 0.351 e. The Labute approximate surface area is 157 Å². The third-order valence-electron chi connectivity index (χ3n) is 4.73. The maximum absolute atomic E-state index is 12.3. The number of piperidine rings is 2. The van der Waals surface area contributed by atoms with Crippen LogP contribution in [0.25, 0.3) is 0 Å². The zero-order valence-electron chi connectivity index (χ0n) is 14.1. The van der Waals surface area contributed by atoms with E-state index in [0.29, 0.717) is 6.04 Å². The molecule has 2 heterocycles. The first-order valence-corrected chi connectivity index (χ1v) is 8.61. The van der Waals surface area contributed by atoms with Gasteiger partial charge in [0.1, 0.15) is 0 Å². The standard InChI is InChI=1S/C18H27N3O.2ClH/c22-18(17-10-4-5-11-19-17)20-16-9-6-12-21(14-16)13-15-7-2-1-3-8-15;;/h1-3,7-8,16-17,19H,4-6,9-14H2,(H,20,22);2*1H/t16?,17-;;/m0../s1. The molecule has 1 unspecified atom stereocenters. The molecule has 0 bridgehead atoms. The molecule has 136 valence electrons. The topological polar surface area (TPSA) is 44.4 Å². The second-order valence-corrected chi connectivity index (χ2v) is 6.57. The van der Waals surface area contributed by atoms with Crippen molar-refractivity contribution in [2.75, 3.05) is 19.6 Å². The quantitative estimate of drug-likeness (QED) is 0.852. The van der Waals surface area contributed by atoms with E-state index < -0.39 is 0 Å². The summed E-state index contributed by atoms with van der Waals surface area (Å²) < 4.78 is 0. The van der Waals surface area contributed by atoms with E-state index in [1.54, 1.807) is 0 Å². The van der Waals surface area contributed by atoms with Gasteiger partial charge in [-0.05, 0) is 44.3 Å². The third kappa shape index (κ3) is 6.25.